The van der Waals surface area contributed by atoms with Gasteiger partial charge in [0, 0.05) is 5.02 Å². The highest BCUT2D eigenvalue weighted by atomic mass is 35.5. The van der Waals surface area contributed by atoms with Gasteiger partial charge in [-0.1, -0.05) is 11.6 Å². The Bertz CT molecular complexity index is 973. The summed E-state index contributed by atoms with van der Waals surface area (Å²) >= 11 is 5.75. The number of aromatic nitrogens is 4. The van der Waals surface area contributed by atoms with Crippen molar-refractivity contribution in [3.05, 3.63) is 50.7 Å². The van der Waals surface area contributed by atoms with E-state index in [4.69, 9.17) is 19.4 Å². The summed E-state index contributed by atoms with van der Waals surface area (Å²) in [6.45, 7) is 3.47. The predicted octanol–water partition coefficient (Wildman–Crippen LogP) is 1.38. The van der Waals surface area contributed by atoms with Crippen LogP contribution in [0.5, 0.6) is 0 Å². The van der Waals surface area contributed by atoms with Crippen LogP contribution in [0.3, 0.4) is 0 Å². The summed E-state index contributed by atoms with van der Waals surface area (Å²) < 4.78 is 15.3. The van der Waals surface area contributed by atoms with Gasteiger partial charge in [0.25, 0.3) is 0 Å². The molecule has 0 aliphatic rings. The van der Waals surface area contributed by atoms with Crippen LogP contribution < -0.4 is 11.0 Å². The molecule has 22 heavy (non-hydrogen) atoms. The van der Waals surface area contributed by atoms with Crippen molar-refractivity contribution in [2.75, 3.05) is 0 Å². The second-order valence-electron chi connectivity index (χ2n) is 4.79. The fourth-order valence-electron chi connectivity index (χ4n) is 2.03. The monoisotopic (exact) mass is 314 g/mol. The highest BCUT2D eigenvalue weighted by Gasteiger charge is 2.16. The fraction of sp³-hybridized carbons (Fsp3) is 0.143. The first-order chi connectivity index (χ1) is 10.4. The first kappa shape index (κ1) is 14.7. The molecule has 8 heteroatoms. The molecule has 0 amide bonds. The maximum atomic E-state index is 14.2. The Morgan fingerprint density at radius 2 is 1.91 bits per heavy atom. The average molecular weight is 315 g/mol. The van der Waals surface area contributed by atoms with Crippen molar-refractivity contribution in [1.29, 1.82) is 0 Å². The summed E-state index contributed by atoms with van der Waals surface area (Å²) in [5.41, 5.74) is 0.669. The summed E-state index contributed by atoms with van der Waals surface area (Å²) in [5.74, 6) is -0.607. The largest absolute Gasteiger partial charge is 0.286 e. The van der Waals surface area contributed by atoms with Crippen LogP contribution in [-0.2, 0) is 0 Å². The van der Waals surface area contributed by atoms with Gasteiger partial charge >= 0.3 is 0 Å². The molecule has 3 rings (SSSR count). The van der Waals surface area contributed by atoms with E-state index in [1.165, 1.54) is 12.1 Å². The summed E-state index contributed by atoms with van der Waals surface area (Å²) in [6, 6.07) is 4.09. The molecular weight excluding hydrogens is 305 g/mol. The molecule has 0 atom stereocenters. The third kappa shape index (κ3) is 2.27. The van der Waals surface area contributed by atoms with E-state index in [1.807, 2.05) is 0 Å². The van der Waals surface area contributed by atoms with Crippen LogP contribution in [0.1, 0.15) is 11.4 Å². The number of benzene rings is 1. The van der Waals surface area contributed by atoms with Crippen LogP contribution >= 0.6 is 11.6 Å². The molecule has 0 spiro atoms. The average Bonchev–Trinajstić information content (AvgIpc) is 2.46. The molecule has 108 valence electrons. The lowest BCUT2D eigenvalue weighted by Gasteiger charge is -2.12. The molecule has 0 saturated carbocycles. The first-order valence-corrected chi connectivity index (χ1v) is 6.75. The number of halogens is 2. The van der Waals surface area contributed by atoms with Crippen molar-refractivity contribution < 1.29 is 4.39 Å². The number of nitrogens with zero attached hydrogens (tertiary/aromatic N) is 4. The minimum atomic E-state index is -0.607. The van der Waals surface area contributed by atoms with Gasteiger partial charge in [-0.05, 0) is 32.0 Å². The third-order valence-electron chi connectivity index (χ3n) is 3.28. The van der Waals surface area contributed by atoms with Gasteiger partial charge in [0.05, 0.1) is 17.0 Å². The molecule has 2 heterocycles. The van der Waals surface area contributed by atoms with Crippen molar-refractivity contribution in [1.82, 2.24) is 19.7 Å². The molecule has 0 fully saturated rings. The minimum Gasteiger partial charge on any atom is -0.286 e. The molecule has 0 saturated heterocycles. The smallest absolute Gasteiger partial charge is 0.220 e. The normalized spacial score (nSPS) is 11.1. The van der Waals surface area contributed by atoms with E-state index in [1.54, 1.807) is 13.8 Å². The zero-order valence-electron chi connectivity index (χ0n) is 11.8. The van der Waals surface area contributed by atoms with Crippen molar-refractivity contribution in [2.24, 2.45) is 0 Å². The molecule has 0 aliphatic heterocycles. The summed E-state index contributed by atoms with van der Waals surface area (Å²) in [6.07, 6.45) is 0. The number of fused-ring (bicyclic) bond motifs is 1. The second kappa shape index (κ2) is 5.17. The van der Waals surface area contributed by atoms with E-state index < -0.39 is 11.2 Å². The van der Waals surface area contributed by atoms with E-state index in [-0.39, 0.29) is 27.5 Å². The molecule has 0 bridgehead atoms. The van der Waals surface area contributed by atoms with Gasteiger partial charge in [0.2, 0.25) is 5.43 Å². The maximum Gasteiger partial charge on any atom is 0.220 e. The number of hydrogen-bond donors (Lipinski definition) is 0. The third-order valence-corrected chi connectivity index (χ3v) is 3.52. The quantitative estimate of drug-likeness (QED) is 0.637. The number of hydrogen-bond acceptors (Lipinski definition) is 4. The van der Waals surface area contributed by atoms with E-state index in [2.05, 4.69) is 15.1 Å². The van der Waals surface area contributed by atoms with Crippen LogP contribution in [0.2, 0.25) is 5.02 Å². The van der Waals surface area contributed by atoms with Gasteiger partial charge in [0.15, 0.2) is 11.2 Å². The molecule has 1 aromatic carbocycles. The first-order valence-electron chi connectivity index (χ1n) is 6.37. The van der Waals surface area contributed by atoms with Gasteiger partial charge in [-0.2, -0.15) is 5.10 Å². The highest BCUT2D eigenvalue weighted by Crippen LogP contribution is 2.19. The minimum absolute atomic E-state index is 0.0463. The van der Waals surface area contributed by atoms with Crippen molar-refractivity contribution in [2.45, 2.75) is 13.8 Å². The molecule has 2 aromatic heterocycles. The van der Waals surface area contributed by atoms with Crippen LogP contribution in [0.4, 0.5) is 4.39 Å². The lowest BCUT2D eigenvalue weighted by molar-refractivity contribution is 0.612. The maximum absolute atomic E-state index is 14.2. The van der Waals surface area contributed by atoms with Gasteiger partial charge < -0.3 is 0 Å². The van der Waals surface area contributed by atoms with Crippen molar-refractivity contribution in [3.8, 4) is 5.69 Å². The fourth-order valence-corrected chi connectivity index (χ4v) is 2.19. The van der Waals surface area contributed by atoms with E-state index in [0.29, 0.717) is 11.4 Å². The Balaban J connectivity index is 2.46. The van der Waals surface area contributed by atoms with Gasteiger partial charge in [-0.3, -0.25) is 4.79 Å². The Labute approximate surface area is 131 Å². The Hall–Kier alpha value is -2.28. The summed E-state index contributed by atoms with van der Waals surface area (Å²) in [4.78, 5) is 20.6. The molecule has 0 aliphatic carbocycles. The predicted molar refractivity (Wildman–Crippen MR) is 82.8 cm³/mol. The van der Waals surface area contributed by atoms with Gasteiger partial charge in [0.1, 0.15) is 19.4 Å². The molecule has 3 aromatic rings. The lowest BCUT2D eigenvalue weighted by Crippen LogP contribution is -2.33. The summed E-state index contributed by atoms with van der Waals surface area (Å²) in [5, 5.41) is 4.18. The zero-order chi connectivity index (χ0) is 16.0. The topological polar surface area (TPSA) is 60.7 Å². The van der Waals surface area contributed by atoms with Crippen LogP contribution in [-0.4, -0.2) is 27.6 Å². The summed E-state index contributed by atoms with van der Waals surface area (Å²) in [7, 11) is 5.63. The van der Waals surface area contributed by atoms with Crippen molar-refractivity contribution in [3.63, 3.8) is 0 Å². The Morgan fingerprint density at radius 3 is 2.59 bits per heavy atom. The highest BCUT2D eigenvalue weighted by molar-refractivity contribution is 6.31. The van der Waals surface area contributed by atoms with Gasteiger partial charge in [-0.15, -0.1) is 0 Å². The number of aryl methyl sites for hydroxylation is 2. The molecular formula is C14H9BClFN4O. The standard InChI is InChI=1S/C14H9BClFN4O/c1-6-7(2)19-14-11(18-6)12(22)13(15)20-21(14)10-4-3-8(16)5-9(10)17/h3-5H,1-2H3. The van der Waals surface area contributed by atoms with E-state index in [9.17, 15) is 9.18 Å². The Kier molecular flexibility index (Phi) is 3.45. The van der Waals surface area contributed by atoms with Crippen LogP contribution in [0, 0.1) is 19.7 Å². The Morgan fingerprint density at radius 1 is 1.23 bits per heavy atom. The second-order valence-corrected chi connectivity index (χ2v) is 5.22. The zero-order valence-corrected chi connectivity index (χ0v) is 12.5. The van der Waals surface area contributed by atoms with Crippen LogP contribution in [0.25, 0.3) is 16.9 Å². The van der Waals surface area contributed by atoms with Crippen molar-refractivity contribution >= 4 is 36.2 Å². The molecule has 0 unspecified atom stereocenters. The molecule has 2 radical (unpaired) electrons. The van der Waals surface area contributed by atoms with E-state index >= 15 is 0 Å². The SMILES string of the molecule is [B]c1nn(-c2ccc(Cl)cc2F)c2nc(C)c(C)nc2c1=O. The molecule has 0 N–H and O–H groups in total. The van der Waals surface area contributed by atoms with E-state index in [0.717, 1.165) is 10.7 Å². The lowest BCUT2D eigenvalue weighted by atomic mass is 10.0. The number of rotatable bonds is 1. The van der Waals surface area contributed by atoms with Crippen LogP contribution in [0.15, 0.2) is 23.0 Å². The van der Waals surface area contributed by atoms with Gasteiger partial charge in [-0.25, -0.2) is 19.0 Å². The molecule has 5 nitrogen and oxygen atoms in total.